The summed E-state index contributed by atoms with van der Waals surface area (Å²) in [6.45, 7) is 0.973. The predicted molar refractivity (Wildman–Crippen MR) is 84.1 cm³/mol. The van der Waals surface area contributed by atoms with E-state index in [0.29, 0.717) is 28.2 Å². The summed E-state index contributed by atoms with van der Waals surface area (Å²) in [6.07, 6.45) is 3.98. The molecule has 1 fully saturated rings. The zero-order chi connectivity index (χ0) is 14.6. The highest BCUT2D eigenvalue weighted by molar-refractivity contribution is 7.92. The highest BCUT2D eigenvalue weighted by Crippen LogP contribution is 2.26. The van der Waals surface area contributed by atoms with Crippen molar-refractivity contribution in [2.75, 3.05) is 17.0 Å². The second kappa shape index (κ2) is 6.98. The van der Waals surface area contributed by atoms with E-state index in [-0.39, 0.29) is 5.75 Å². The number of sulfonamides is 1. The van der Waals surface area contributed by atoms with Crippen LogP contribution in [0.25, 0.3) is 0 Å². The third kappa shape index (κ3) is 4.81. The third-order valence-electron chi connectivity index (χ3n) is 3.34. The Hall–Kier alpha value is -0.490. The lowest BCUT2D eigenvalue weighted by molar-refractivity contribution is 0.393. The SMILES string of the molecule is O=S(=O)(CCC1CCCCN1)Nc1ccc(Cl)cc1Cl. The first-order chi connectivity index (χ1) is 9.46. The van der Waals surface area contributed by atoms with Gasteiger partial charge in [-0.1, -0.05) is 29.6 Å². The van der Waals surface area contributed by atoms with E-state index < -0.39 is 10.0 Å². The zero-order valence-corrected chi connectivity index (χ0v) is 13.4. The predicted octanol–water partition coefficient (Wildman–Crippen LogP) is 3.27. The lowest BCUT2D eigenvalue weighted by Gasteiger charge is -2.23. The molecular weight excluding hydrogens is 319 g/mol. The van der Waals surface area contributed by atoms with Crippen LogP contribution in [0.3, 0.4) is 0 Å². The molecule has 1 atom stereocenters. The Morgan fingerprint density at radius 2 is 2.10 bits per heavy atom. The van der Waals surface area contributed by atoms with Crippen LogP contribution in [0.1, 0.15) is 25.7 Å². The first kappa shape index (κ1) is 15.9. The standard InChI is InChI=1S/C13H18Cl2N2O2S/c14-10-4-5-13(12(15)9-10)17-20(18,19)8-6-11-3-1-2-7-16-11/h4-5,9,11,16-17H,1-3,6-8H2. The van der Waals surface area contributed by atoms with Gasteiger partial charge in [0.1, 0.15) is 0 Å². The molecule has 0 amide bonds. The summed E-state index contributed by atoms with van der Waals surface area (Å²) in [5, 5.41) is 4.12. The molecule has 1 aliphatic rings. The first-order valence-electron chi connectivity index (χ1n) is 6.65. The lowest BCUT2D eigenvalue weighted by atomic mass is 10.0. The molecule has 0 aliphatic carbocycles. The van der Waals surface area contributed by atoms with Gasteiger partial charge in [0, 0.05) is 11.1 Å². The third-order valence-corrected chi connectivity index (χ3v) is 5.20. The monoisotopic (exact) mass is 336 g/mol. The van der Waals surface area contributed by atoms with Crippen LogP contribution in [0, 0.1) is 0 Å². The molecule has 4 nitrogen and oxygen atoms in total. The Balaban J connectivity index is 1.93. The number of benzene rings is 1. The molecule has 20 heavy (non-hydrogen) atoms. The molecule has 7 heteroatoms. The maximum Gasteiger partial charge on any atom is 0.232 e. The minimum Gasteiger partial charge on any atom is -0.314 e. The molecule has 1 unspecified atom stereocenters. The van der Waals surface area contributed by atoms with Crippen LogP contribution in [-0.4, -0.2) is 26.8 Å². The Morgan fingerprint density at radius 1 is 1.30 bits per heavy atom. The molecule has 0 spiro atoms. The van der Waals surface area contributed by atoms with Crippen LogP contribution in [0.4, 0.5) is 5.69 Å². The molecule has 1 heterocycles. The van der Waals surface area contributed by atoms with E-state index in [1.165, 1.54) is 12.5 Å². The van der Waals surface area contributed by atoms with Crippen molar-refractivity contribution in [3.63, 3.8) is 0 Å². The minimum absolute atomic E-state index is 0.0869. The van der Waals surface area contributed by atoms with Crippen LogP contribution in [0.5, 0.6) is 0 Å². The van der Waals surface area contributed by atoms with Gasteiger partial charge in [-0.15, -0.1) is 0 Å². The Labute approximate surface area is 129 Å². The molecule has 112 valence electrons. The molecule has 2 N–H and O–H groups in total. The number of anilines is 1. The lowest BCUT2D eigenvalue weighted by Crippen LogP contribution is -2.36. The second-order valence-corrected chi connectivity index (χ2v) is 7.67. The van der Waals surface area contributed by atoms with Gasteiger partial charge in [0.25, 0.3) is 0 Å². The average molecular weight is 337 g/mol. The van der Waals surface area contributed by atoms with Crippen LogP contribution < -0.4 is 10.0 Å². The summed E-state index contributed by atoms with van der Waals surface area (Å²) >= 11 is 11.7. The van der Waals surface area contributed by atoms with Crippen molar-refractivity contribution in [3.8, 4) is 0 Å². The second-order valence-electron chi connectivity index (χ2n) is 4.98. The van der Waals surface area contributed by atoms with Gasteiger partial charge in [-0.3, -0.25) is 4.72 Å². The van der Waals surface area contributed by atoms with Crippen LogP contribution >= 0.6 is 23.2 Å². The van der Waals surface area contributed by atoms with E-state index in [9.17, 15) is 8.42 Å². The number of hydrogen-bond donors (Lipinski definition) is 2. The van der Waals surface area contributed by atoms with E-state index >= 15 is 0 Å². The average Bonchev–Trinajstić information content (AvgIpc) is 2.41. The molecule has 0 saturated carbocycles. The molecule has 0 aromatic heterocycles. The van der Waals surface area contributed by atoms with Gasteiger partial charge in [-0.2, -0.15) is 0 Å². The number of nitrogens with one attached hydrogen (secondary N) is 2. The molecular formula is C13H18Cl2N2O2S. The maximum atomic E-state index is 12.0. The van der Waals surface area contributed by atoms with Crippen molar-refractivity contribution in [3.05, 3.63) is 28.2 Å². The fraction of sp³-hybridized carbons (Fsp3) is 0.538. The van der Waals surface area contributed by atoms with Crippen molar-refractivity contribution in [2.45, 2.75) is 31.7 Å². The Bertz CT molecular complexity index is 557. The number of halogens is 2. The van der Waals surface area contributed by atoms with Crippen molar-refractivity contribution in [1.82, 2.24) is 5.32 Å². The smallest absolute Gasteiger partial charge is 0.232 e. The van der Waals surface area contributed by atoms with Crippen LogP contribution in [-0.2, 0) is 10.0 Å². The Morgan fingerprint density at radius 3 is 2.75 bits per heavy atom. The summed E-state index contributed by atoms with van der Waals surface area (Å²) in [6, 6.07) is 4.99. The quantitative estimate of drug-likeness (QED) is 0.867. The minimum atomic E-state index is -3.39. The van der Waals surface area contributed by atoms with E-state index in [1.807, 2.05) is 0 Å². The molecule has 1 saturated heterocycles. The van der Waals surface area contributed by atoms with Gasteiger partial charge in [-0.25, -0.2) is 8.42 Å². The van der Waals surface area contributed by atoms with Crippen molar-refractivity contribution in [1.29, 1.82) is 0 Å². The van der Waals surface area contributed by atoms with E-state index in [2.05, 4.69) is 10.0 Å². The van der Waals surface area contributed by atoms with E-state index in [1.54, 1.807) is 12.1 Å². The van der Waals surface area contributed by atoms with Crippen LogP contribution in [0.15, 0.2) is 18.2 Å². The first-order valence-corrected chi connectivity index (χ1v) is 9.06. The molecule has 1 aromatic carbocycles. The Kier molecular flexibility index (Phi) is 5.55. The summed E-state index contributed by atoms with van der Waals surface area (Å²) in [7, 11) is -3.39. The van der Waals surface area contributed by atoms with Crippen molar-refractivity contribution >= 4 is 38.9 Å². The largest absolute Gasteiger partial charge is 0.314 e. The highest BCUT2D eigenvalue weighted by Gasteiger charge is 2.18. The zero-order valence-electron chi connectivity index (χ0n) is 11.0. The van der Waals surface area contributed by atoms with Gasteiger partial charge in [0.15, 0.2) is 0 Å². The van der Waals surface area contributed by atoms with Gasteiger partial charge >= 0.3 is 0 Å². The molecule has 0 radical (unpaired) electrons. The number of piperidine rings is 1. The fourth-order valence-electron chi connectivity index (χ4n) is 2.26. The summed E-state index contributed by atoms with van der Waals surface area (Å²) in [4.78, 5) is 0. The molecule has 2 rings (SSSR count). The summed E-state index contributed by atoms with van der Waals surface area (Å²) in [5.41, 5.74) is 0.368. The van der Waals surface area contributed by atoms with E-state index in [0.717, 1.165) is 19.4 Å². The van der Waals surface area contributed by atoms with Gasteiger partial charge < -0.3 is 5.32 Å². The van der Waals surface area contributed by atoms with Gasteiger partial charge in [-0.05, 0) is 44.0 Å². The van der Waals surface area contributed by atoms with Crippen LogP contribution in [0.2, 0.25) is 10.0 Å². The van der Waals surface area contributed by atoms with Crippen molar-refractivity contribution < 1.29 is 8.42 Å². The van der Waals surface area contributed by atoms with Gasteiger partial charge in [0.2, 0.25) is 10.0 Å². The highest BCUT2D eigenvalue weighted by atomic mass is 35.5. The van der Waals surface area contributed by atoms with E-state index in [4.69, 9.17) is 23.2 Å². The summed E-state index contributed by atoms with van der Waals surface area (Å²) in [5.74, 6) is 0.0869. The number of hydrogen-bond acceptors (Lipinski definition) is 3. The summed E-state index contributed by atoms with van der Waals surface area (Å²) < 4.78 is 26.6. The normalized spacial score (nSPS) is 19.8. The fourth-order valence-corrected chi connectivity index (χ4v) is 3.98. The molecule has 1 aliphatic heterocycles. The number of rotatable bonds is 5. The molecule has 1 aromatic rings. The van der Waals surface area contributed by atoms with Crippen molar-refractivity contribution in [2.24, 2.45) is 0 Å². The molecule has 0 bridgehead atoms. The van der Waals surface area contributed by atoms with Gasteiger partial charge in [0.05, 0.1) is 16.5 Å². The maximum absolute atomic E-state index is 12.0. The topological polar surface area (TPSA) is 58.2 Å².